The van der Waals surface area contributed by atoms with E-state index in [0.29, 0.717) is 11.8 Å². The lowest BCUT2D eigenvalue weighted by molar-refractivity contribution is -0.0265. The average molecular weight is 372 g/mol. The smallest absolute Gasteiger partial charge is 0.191 e. The largest absolute Gasteiger partial charge is 0.373 e. The molecule has 26 heavy (non-hydrogen) atoms. The van der Waals surface area contributed by atoms with Crippen LogP contribution in [0.15, 0.2) is 52.8 Å². The molecule has 0 bridgehead atoms. The van der Waals surface area contributed by atoms with Crippen molar-refractivity contribution in [2.45, 2.75) is 31.8 Å². The van der Waals surface area contributed by atoms with Crippen LogP contribution in [0, 0.1) is 5.92 Å². The highest BCUT2D eigenvalue weighted by molar-refractivity contribution is 7.10. The highest BCUT2D eigenvalue weighted by Gasteiger charge is 2.27. The number of guanidine groups is 1. The number of nitrogens with one attached hydrogen (secondary N) is 2. The van der Waals surface area contributed by atoms with Crippen LogP contribution >= 0.6 is 11.3 Å². The van der Waals surface area contributed by atoms with Crippen molar-refractivity contribution in [1.29, 1.82) is 0 Å². The van der Waals surface area contributed by atoms with Crippen molar-refractivity contribution in [1.82, 2.24) is 10.6 Å². The third-order valence-corrected chi connectivity index (χ3v) is 6.04. The molecule has 1 aromatic heterocycles. The Morgan fingerprint density at radius 2 is 2.08 bits per heavy atom. The number of rotatable bonds is 6. The molecule has 2 aromatic rings. The van der Waals surface area contributed by atoms with Crippen LogP contribution in [-0.2, 0) is 4.74 Å². The summed E-state index contributed by atoms with van der Waals surface area (Å²) in [6, 6.07) is 14.9. The molecule has 3 atom stereocenters. The van der Waals surface area contributed by atoms with E-state index in [1.54, 1.807) is 0 Å². The van der Waals surface area contributed by atoms with Crippen molar-refractivity contribution < 1.29 is 4.74 Å². The molecule has 0 saturated carbocycles. The van der Waals surface area contributed by atoms with Crippen molar-refractivity contribution in [3.05, 3.63) is 58.3 Å². The molecular formula is C21H29N3OS. The third kappa shape index (κ3) is 5.08. The third-order valence-electron chi connectivity index (χ3n) is 4.93. The fraction of sp³-hybridized carbons (Fsp3) is 0.476. The van der Waals surface area contributed by atoms with Gasteiger partial charge in [0.25, 0.3) is 0 Å². The summed E-state index contributed by atoms with van der Waals surface area (Å²) in [7, 11) is 1.83. The van der Waals surface area contributed by atoms with E-state index < -0.39 is 0 Å². The molecule has 2 N–H and O–H groups in total. The second-order valence-electron chi connectivity index (χ2n) is 6.85. The number of nitrogens with zero attached hydrogens (tertiary/aromatic N) is 1. The minimum Gasteiger partial charge on any atom is -0.373 e. The minimum atomic E-state index is 0.167. The Balaban J connectivity index is 1.52. The summed E-state index contributed by atoms with van der Waals surface area (Å²) < 4.78 is 6.09. The summed E-state index contributed by atoms with van der Waals surface area (Å²) in [5.74, 6) is 1.80. The van der Waals surface area contributed by atoms with Crippen molar-refractivity contribution >= 4 is 17.3 Å². The monoisotopic (exact) mass is 371 g/mol. The number of aliphatic imine (C=N–C) groups is 1. The molecule has 0 radical (unpaired) electrons. The molecule has 1 aliphatic rings. The summed E-state index contributed by atoms with van der Waals surface area (Å²) in [4.78, 5) is 5.78. The Bertz CT molecular complexity index is 672. The molecule has 1 aliphatic heterocycles. The molecule has 4 nitrogen and oxygen atoms in total. The Hall–Kier alpha value is -1.85. The average Bonchev–Trinajstić information content (AvgIpc) is 3.24. The lowest BCUT2D eigenvalue weighted by Gasteiger charge is -2.32. The molecule has 5 heteroatoms. The summed E-state index contributed by atoms with van der Waals surface area (Å²) in [6.45, 7) is 4.84. The van der Waals surface area contributed by atoms with Crippen LogP contribution in [0.4, 0.5) is 0 Å². The zero-order valence-corrected chi connectivity index (χ0v) is 16.5. The van der Waals surface area contributed by atoms with Gasteiger partial charge in [0.1, 0.15) is 0 Å². The van der Waals surface area contributed by atoms with Gasteiger partial charge in [-0.15, -0.1) is 11.3 Å². The summed E-state index contributed by atoms with van der Waals surface area (Å²) in [5.41, 5.74) is 1.27. The topological polar surface area (TPSA) is 45.7 Å². The fourth-order valence-electron chi connectivity index (χ4n) is 3.43. The van der Waals surface area contributed by atoms with Crippen molar-refractivity contribution in [2.75, 3.05) is 26.7 Å². The van der Waals surface area contributed by atoms with Crippen LogP contribution in [0.2, 0.25) is 0 Å². The maximum Gasteiger partial charge on any atom is 0.191 e. The van der Waals surface area contributed by atoms with E-state index >= 15 is 0 Å². The van der Waals surface area contributed by atoms with E-state index in [1.165, 1.54) is 16.9 Å². The number of hydrogen-bond acceptors (Lipinski definition) is 3. The maximum absolute atomic E-state index is 6.09. The van der Waals surface area contributed by atoms with Gasteiger partial charge < -0.3 is 15.4 Å². The van der Waals surface area contributed by atoms with Gasteiger partial charge in [0.05, 0.1) is 6.10 Å². The predicted molar refractivity (Wildman–Crippen MR) is 110 cm³/mol. The molecule has 1 fully saturated rings. The molecule has 1 saturated heterocycles. The molecule has 3 unspecified atom stereocenters. The zero-order chi connectivity index (χ0) is 18.2. The van der Waals surface area contributed by atoms with Gasteiger partial charge in [0, 0.05) is 43.5 Å². The molecule has 0 aliphatic carbocycles. The SMILES string of the molecule is CN=C(NCC(C)c1cccs1)NCC1CCCOC1c1ccccc1. The lowest BCUT2D eigenvalue weighted by Crippen LogP contribution is -2.42. The van der Waals surface area contributed by atoms with Crippen LogP contribution in [-0.4, -0.2) is 32.7 Å². The van der Waals surface area contributed by atoms with Crippen LogP contribution in [0.5, 0.6) is 0 Å². The molecule has 3 rings (SSSR count). The summed E-state index contributed by atoms with van der Waals surface area (Å²) >= 11 is 1.81. The molecule has 1 aromatic carbocycles. The Kier molecular flexibility index (Phi) is 7.09. The normalized spacial score (nSPS) is 22.0. The van der Waals surface area contributed by atoms with Crippen LogP contribution in [0.25, 0.3) is 0 Å². The number of thiophene rings is 1. The van der Waals surface area contributed by atoms with Crippen LogP contribution in [0.1, 0.15) is 42.2 Å². The Morgan fingerprint density at radius 1 is 1.23 bits per heavy atom. The van der Waals surface area contributed by atoms with Crippen LogP contribution in [0.3, 0.4) is 0 Å². The van der Waals surface area contributed by atoms with Gasteiger partial charge in [-0.05, 0) is 29.9 Å². The Morgan fingerprint density at radius 3 is 2.81 bits per heavy atom. The molecular weight excluding hydrogens is 342 g/mol. The summed E-state index contributed by atoms with van der Waals surface area (Å²) in [6.07, 6.45) is 2.47. The van der Waals surface area contributed by atoms with Crippen molar-refractivity contribution in [3.63, 3.8) is 0 Å². The maximum atomic E-state index is 6.09. The van der Waals surface area contributed by atoms with E-state index in [1.807, 2.05) is 18.4 Å². The van der Waals surface area contributed by atoms with Gasteiger partial charge in [-0.25, -0.2) is 0 Å². The van der Waals surface area contributed by atoms with Crippen molar-refractivity contribution in [3.8, 4) is 0 Å². The zero-order valence-electron chi connectivity index (χ0n) is 15.7. The Labute approximate surface area is 160 Å². The van der Waals surface area contributed by atoms with Gasteiger partial charge in [-0.3, -0.25) is 4.99 Å². The minimum absolute atomic E-state index is 0.167. The van der Waals surface area contributed by atoms with Gasteiger partial charge in [0.2, 0.25) is 0 Å². The number of ether oxygens (including phenoxy) is 1. The van der Waals surface area contributed by atoms with E-state index in [2.05, 4.69) is 70.4 Å². The highest BCUT2D eigenvalue weighted by atomic mass is 32.1. The van der Waals surface area contributed by atoms with E-state index in [-0.39, 0.29) is 6.10 Å². The predicted octanol–water partition coefficient (Wildman–Crippen LogP) is 4.18. The van der Waals surface area contributed by atoms with E-state index in [0.717, 1.165) is 32.1 Å². The van der Waals surface area contributed by atoms with Crippen molar-refractivity contribution in [2.24, 2.45) is 10.9 Å². The standard InChI is InChI=1S/C21H29N3OS/c1-16(19-11-7-13-26-19)14-23-21(22-2)24-15-18-10-6-12-25-20(18)17-8-4-3-5-9-17/h3-5,7-9,11,13,16,18,20H,6,10,12,14-15H2,1-2H3,(H2,22,23,24). The quantitative estimate of drug-likeness (QED) is 0.591. The molecule has 0 amide bonds. The van der Waals surface area contributed by atoms with Gasteiger partial charge in [0.15, 0.2) is 5.96 Å². The second-order valence-corrected chi connectivity index (χ2v) is 7.83. The fourth-order valence-corrected chi connectivity index (χ4v) is 4.22. The molecule has 0 spiro atoms. The first kappa shape index (κ1) is 18.9. The summed E-state index contributed by atoms with van der Waals surface area (Å²) in [5, 5.41) is 9.09. The van der Waals surface area contributed by atoms with E-state index in [4.69, 9.17) is 4.74 Å². The van der Waals surface area contributed by atoms with Crippen LogP contribution < -0.4 is 10.6 Å². The number of hydrogen-bond donors (Lipinski definition) is 2. The highest BCUT2D eigenvalue weighted by Crippen LogP contribution is 2.33. The van der Waals surface area contributed by atoms with Gasteiger partial charge >= 0.3 is 0 Å². The lowest BCUT2D eigenvalue weighted by atomic mass is 9.89. The first-order valence-corrected chi connectivity index (χ1v) is 10.3. The molecule has 140 valence electrons. The number of benzene rings is 1. The molecule has 2 heterocycles. The first-order valence-electron chi connectivity index (χ1n) is 9.42. The first-order chi connectivity index (χ1) is 12.8. The van der Waals surface area contributed by atoms with Gasteiger partial charge in [-0.1, -0.05) is 43.3 Å². The van der Waals surface area contributed by atoms with Gasteiger partial charge in [-0.2, -0.15) is 0 Å². The van der Waals surface area contributed by atoms with E-state index in [9.17, 15) is 0 Å². The second kappa shape index (κ2) is 9.74.